The van der Waals surface area contributed by atoms with Crippen molar-refractivity contribution in [3.63, 3.8) is 0 Å². The number of aromatic nitrogens is 2. The number of imidazole rings is 1. The summed E-state index contributed by atoms with van der Waals surface area (Å²) in [7, 11) is 0. The Hall–Kier alpha value is -1.32. The molecule has 0 bridgehead atoms. The molecule has 0 aliphatic heterocycles. The molecule has 1 aromatic heterocycles. The summed E-state index contributed by atoms with van der Waals surface area (Å²) in [5.74, 6) is 0.528. The second-order valence-corrected chi connectivity index (χ2v) is 3.79. The molecular weight excluding hydrogens is 180 g/mol. The van der Waals surface area contributed by atoms with E-state index in [-0.39, 0.29) is 12.2 Å². The van der Waals surface area contributed by atoms with Gasteiger partial charge < -0.3 is 4.74 Å². The number of carbonyl (C=O) groups is 1. The molecule has 0 aliphatic carbocycles. The van der Waals surface area contributed by atoms with Crippen LogP contribution >= 0.6 is 0 Å². The monoisotopic (exact) mass is 196 g/mol. The lowest BCUT2D eigenvalue weighted by atomic mass is 10.1. The zero-order chi connectivity index (χ0) is 10.6. The molecule has 0 amide bonds. The third-order valence-electron chi connectivity index (χ3n) is 1.82. The number of ether oxygens (including phenoxy) is 1. The van der Waals surface area contributed by atoms with Gasteiger partial charge in [0.1, 0.15) is 12.4 Å². The molecule has 0 fully saturated rings. The highest BCUT2D eigenvalue weighted by molar-refractivity contribution is 5.70. The second kappa shape index (κ2) is 4.79. The SMILES string of the molecule is CC(C)CC(C)OC(=O)n1ccnc1. The smallest absolute Gasteiger partial charge is 0.419 e. The first kappa shape index (κ1) is 10.8. The van der Waals surface area contributed by atoms with E-state index >= 15 is 0 Å². The van der Waals surface area contributed by atoms with Crippen LogP contribution in [0.5, 0.6) is 0 Å². The highest BCUT2D eigenvalue weighted by atomic mass is 16.6. The Morgan fingerprint density at radius 3 is 2.71 bits per heavy atom. The molecule has 0 radical (unpaired) electrons. The van der Waals surface area contributed by atoms with Crippen LogP contribution in [-0.2, 0) is 4.74 Å². The summed E-state index contributed by atoms with van der Waals surface area (Å²) < 4.78 is 6.52. The molecule has 0 aliphatic rings. The number of rotatable bonds is 3. The Bertz CT molecular complexity index is 280. The molecule has 1 atom stereocenters. The van der Waals surface area contributed by atoms with Crippen LogP contribution in [0.4, 0.5) is 4.79 Å². The van der Waals surface area contributed by atoms with Gasteiger partial charge in [-0.05, 0) is 19.3 Å². The third-order valence-corrected chi connectivity index (χ3v) is 1.82. The summed E-state index contributed by atoms with van der Waals surface area (Å²) in [6.07, 6.45) is 5.02. The first-order valence-corrected chi connectivity index (χ1v) is 4.78. The molecule has 0 N–H and O–H groups in total. The van der Waals surface area contributed by atoms with E-state index in [1.807, 2.05) is 6.92 Å². The van der Waals surface area contributed by atoms with Crippen LogP contribution < -0.4 is 0 Å². The zero-order valence-electron chi connectivity index (χ0n) is 8.80. The minimum atomic E-state index is -0.365. The van der Waals surface area contributed by atoms with Gasteiger partial charge in [-0.1, -0.05) is 13.8 Å². The fourth-order valence-electron chi connectivity index (χ4n) is 1.31. The summed E-state index contributed by atoms with van der Waals surface area (Å²) in [6, 6.07) is 0. The van der Waals surface area contributed by atoms with Gasteiger partial charge in [0, 0.05) is 12.4 Å². The lowest BCUT2D eigenvalue weighted by molar-refractivity contribution is 0.0965. The Morgan fingerprint density at radius 2 is 2.21 bits per heavy atom. The summed E-state index contributed by atoms with van der Waals surface area (Å²) in [4.78, 5) is 15.2. The molecule has 4 heteroatoms. The van der Waals surface area contributed by atoms with Gasteiger partial charge in [0.2, 0.25) is 0 Å². The largest absolute Gasteiger partial charge is 0.446 e. The van der Waals surface area contributed by atoms with Crippen LogP contribution in [0.25, 0.3) is 0 Å². The van der Waals surface area contributed by atoms with Crippen LogP contribution in [0.3, 0.4) is 0 Å². The summed E-state index contributed by atoms with van der Waals surface area (Å²) in [6.45, 7) is 6.10. The first-order valence-electron chi connectivity index (χ1n) is 4.78. The van der Waals surface area contributed by atoms with Crippen LogP contribution in [0.15, 0.2) is 18.7 Å². The van der Waals surface area contributed by atoms with Gasteiger partial charge in [-0.25, -0.2) is 14.3 Å². The van der Waals surface area contributed by atoms with Crippen LogP contribution in [0.2, 0.25) is 0 Å². The zero-order valence-corrected chi connectivity index (χ0v) is 8.80. The van der Waals surface area contributed by atoms with Crippen LogP contribution in [-0.4, -0.2) is 21.7 Å². The van der Waals surface area contributed by atoms with Crippen molar-refractivity contribution in [3.8, 4) is 0 Å². The quantitative estimate of drug-likeness (QED) is 0.745. The predicted molar refractivity (Wildman–Crippen MR) is 53.0 cm³/mol. The third kappa shape index (κ3) is 3.20. The molecule has 0 spiro atoms. The standard InChI is InChI=1S/C10H16N2O2/c1-8(2)6-9(3)14-10(13)12-5-4-11-7-12/h4-5,7-9H,6H2,1-3H3. The molecular formula is C10H16N2O2. The molecule has 0 saturated heterocycles. The second-order valence-electron chi connectivity index (χ2n) is 3.79. The van der Waals surface area contributed by atoms with Gasteiger partial charge in [-0.2, -0.15) is 0 Å². The maximum Gasteiger partial charge on any atom is 0.419 e. The molecule has 4 nitrogen and oxygen atoms in total. The molecule has 1 rings (SSSR count). The Morgan fingerprint density at radius 1 is 1.50 bits per heavy atom. The van der Waals surface area contributed by atoms with Crippen LogP contribution in [0, 0.1) is 5.92 Å². The van der Waals surface area contributed by atoms with Crippen molar-refractivity contribution >= 4 is 6.09 Å². The summed E-state index contributed by atoms with van der Waals surface area (Å²) in [5.41, 5.74) is 0. The highest BCUT2D eigenvalue weighted by Crippen LogP contribution is 2.08. The van der Waals surface area contributed by atoms with Gasteiger partial charge >= 0.3 is 6.09 Å². The Balaban J connectivity index is 2.41. The molecule has 1 aromatic rings. The van der Waals surface area contributed by atoms with Gasteiger partial charge in [-0.3, -0.25) is 0 Å². The number of carbonyl (C=O) groups excluding carboxylic acids is 1. The van der Waals surface area contributed by atoms with E-state index in [1.165, 1.54) is 10.9 Å². The van der Waals surface area contributed by atoms with Gasteiger partial charge in [0.15, 0.2) is 0 Å². The van der Waals surface area contributed by atoms with Crippen molar-refractivity contribution < 1.29 is 9.53 Å². The van der Waals surface area contributed by atoms with E-state index in [1.54, 1.807) is 12.4 Å². The maximum atomic E-state index is 11.4. The number of hydrogen-bond acceptors (Lipinski definition) is 3. The molecule has 1 unspecified atom stereocenters. The average molecular weight is 196 g/mol. The lowest BCUT2D eigenvalue weighted by Gasteiger charge is -2.14. The minimum Gasteiger partial charge on any atom is -0.446 e. The van der Waals surface area contributed by atoms with Gasteiger partial charge in [0.05, 0.1) is 0 Å². The minimum absolute atomic E-state index is 0.0510. The fourth-order valence-corrected chi connectivity index (χ4v) is 1.31. The van der Waals surface area contributed by atoms with Crippen molar-refractivity contribution in [1.29, 1.82) is 0 Å². The normalized spacial score (nSPS) is 12.9. The average Bonchev–Trinajstić information content (AvgIpc) is 2.53. The van der Waals surface area contributed by atoms with E-state index < -0.39 is 0 Å². The number of hydrogen-bond donors (Lipinski definition) is 0. The van der Waals surface area contributed by atoms with Crippen LogP contribution in [0.1, 0.15) is 27.2 Å². The van der Waals surface area contributed by atoms with Crippen molar-refractivity contribution in [2.24, 2.45) is 5.92 Å². The summed E-state index contributed by atoms with van der Waals surface area (Å²) >= 11 is 0. The van der Waals surface area contributed by atoms with Gasteiger partial charge in [-0.15, -0.1) is 0 Å². The van der Waals surface area contributed by atoms with Crippen molar-refractivity contribution in [2.45, 2.75) is 33.3 Å². The van der Waals surface area contributed by atoms with E-state index in [9.17, 15) is 4.79 Å². The molecule has 78 valence electrons. The summed E-state index contributed by atoms with van der Waals surface area (Å²) in [5, 5.41) is 0. The molecule has 0 saturated carbocycles. The van der Waals surface area contributed by atoms with E-state index in [0.717, 1.165) is 6.42 Å². The molecule has 0 aromatic carbocycles. The van der Waals surface area contributed by atoms with Gasteiger partial charge in [0.25, 0.3) is 0 Å². The molecule has 14 heavy (non-hydrogen) atoms. The lowest BCUT2D eigenvalue weighted by Crippen LogP contribution is -2.20. The Kier molecular flexibility index (Phi) is 3.68. The van der Waals surface area contributed by atoms with Crippen molar-refractivity contribution in [1.82, 2.24) is 9.55 Å². The van der Waals surface area contributed by atoms with Crippen molar-refractivity contribution in [2.75, 3.05) is 0 Å². The van der Waals surface area contributed by atoms with E-state index in [0.29, 0.717) is 5.92 Å². The van der Waals surface area contributed by atoms with E-state index in [2.05, 4.69) is 18.8 Å². The van der Waals surface area contributed by atoms with E-state index in [4.69, 9.17) is 4.74 Å². The molecule has 1 heterocycles. The predicted octanol–water partition coefficient (Wildman–Crippen LogP) is 2.30. The Labute approximate surface area is 83.9 Å². The number of nitrogens with zero attached hydrogens (tertiary/aromatic N) is 2. The highest BCUT2D eigenvalue weighted by Gasteiger charge is 2.11. The maximum absolute atomic E-state index is 11.4. The fraction of sp³-hybridized carbons (Fsp3) is 0.600. The topological polar surface area (TPSA) is 44.1 Å². The van der Waals surface area contributed by atoms with Crippen molar-refractivity contribution in [3.05, 3.63) is 18.7 Å². The first-order chi connectivity index (χ1) is 6.59.